The Morgan fingerprint density at radius 2 is 1.76 bits per heavy atom. The molecule has 0 aliphatic rings. The van der Waals surface area contributed by atoms with Crippen LogP contribution in [0.3, 0.4) is 0 Å². The number of hydrogen-bond acceptors (Lipinski definition) is 4. The Morgan fingerprint density at radius 3 is 2.32 bits per heavy atom. The van der Waals surface area contributed by atoms with Crippen LogP contribution in [0.4, 0.5) is 11.4 Å². The van der Waals surface area contributed by atoms with Crippen molar-refractivity contribution in [2.75, 3.05) is 17.7 Å². The molecule has 132 valence electrons. The lowest BCUT2D eigenvalue weighted by atomic mass is 9.87. The highest BCUT2D eigenvalue weighted by Crippen LogP contribution is 2.23. The fraction of sp³-hybridized carbons (Fsp3) is 0.263. The zero-order valence-corrected chi connectivity index (χ0v) is 15.2. The van der Waals surface area contributed by atoms with Gasteiger partial charge in [-0.1, -0.05) is 44.5 Å². The van der Waals surface area contributed by atoms with E-state index in [2.05, 4.69) is 26.1 Å². The molecule has 6 heteroatoms. The molecule has 0 fully saturated rings. The first kappa shape index (κ1) is 18.8. The highest BCUT2D eigenvalue weighted by Gasteiger charge is 2.15. The Kier molecular flexibility index (Phi) is 5.69. The van der Waals surface area contributed by atoms with Gasteiger partial charge in [-0.25, -0.2) is 4.79 Å². The number of nitrogens with one attached hydrogen (secondary N) is 1. The summed E-state index contributed by atoms with van der Waals surface area (Å²) >= 11 is 5.78. The number of nitrogen functional groups attached to an aromatic ring is 1. The molecule has 2 aromatic rings. The molecule has 25 heavy (non-hydrogen) atoms. The van der Waals surface area contributed by atoms with E-state index in [1.807, 2.05) is 24.3 Å². The summed E-state index contributed by atoms with van der Waals surface area (Å²) in [5.41, 5.74) is 7.93. The lowest BCUT2D eigenvalue weighted by Gasteiger charge is -2.19. The number of carbonyl (C=O) groups is 2. The van der Waals surface area contributed by atoms with Gasteiger partial charge in [0.05, 0.1) is 5.56 Å². The maximum atomic E-state index is 12.0. The lowest BCUT2D eigenvalue weighted by molar-refractivity contribution is -0.119. The Balaban J connectivity index is 1.91. The SMILES string of the molecule is CC(C)(C)c1ccc(NC(=O)COC(=O)c2ccc(Cl)cc2N)cc1. The van der Waals surface area contributed by atoms with Crippen molar-refractivity contribution in [3.63, 3.8) is 0 Å². The van der Waals surface area contributed by atoms with Crippen molar-refractivity contribution < 1.29 is 14.3 Å². The molecule has 0 saturated carbocycles. The van der Waals surface area contributed by atoms with Gasteiger partial charge >= 0.3 is 5.97 Å². The smallest absolute Gasteiger partial charge is 0.340 e. The van der Waals surface area contributed by atoms with Gasteiger partial charge in [0.25, 0.3) is 5.91 Å². The first-order chi connectivity index (χ1) is 11.7. The number of ether oxygens (including phenoxy) is 1. The van der Waals surface area contributed by atoms with Crippen LogP contribution in [0.15, 0.2) is 42.5 Å². The number of nitrogens with two attached hydrogens (primary N) is 1. The number of halogens is 1. The summed E-state index contributed by atoms with van der Waals surface area (Å²) < 4.78 is 4.99. The van der Waals surface area contributed by atoms with E-state index in [-0.39, 0.29) is 16.7 Å². The molecule has 0 atom stereocenters. The molecule has 0 aliphatic carbocycles. The predicted molar refractivity (Wildman–Crippen MR) is 99.9 cm³/mol. The van der Waals surface area contributed by atoms with Crippen molar-refractivity contribution in [3.05, 3.63) is 58.6 Å². The highest BCUT2D eigenvalue weighted by molar-refractivity contribution is 6.31. The summed E-state index contributed by atoms with van der Waals surface area (Å²) in [5, 5.41) is 3.10. The van der Waals surface area contributed by atoms with Crippen molar-refractivity contribution in [3.8, 4) is 0 Å². The van der Waals surface area contributed by atoms with Crippen molar-refractivity contribution in [2.24, 2.45) is 0 Å². The summed E-state index contributed by atoms with van der Waals surface area (Å²) in [6.45, 7) is 5.94. The van der Waals surface area contributed by atoms with E-state index in [1.54, 1.807) is 0 Å². The van der Waals surface area contributed by atoms with Crippen LogP contribution < -0.4 is 11.1 Å². The molecule has 0 aliphatic heterocycles. The number of anilines is 2. The van der Waals surface area contributed by atoms with Gasteiger partial charge in [0.1, 0.15) is 0 Å². The van der Waals surface area contributed by atoms with Crippen LogP contribution in [0.1, 0.15) is 36.7 Å². The second-order valence-corrected chi connectivity index (χ2v) is 7.12. The average molecular weight is 361 g/mol. The molecule has 1 amide bonds. The van der Waals surface area contributed by atoms with E-state index in [1.165, 1.54) is 18.2 Å². The van der Waals surface area contributed by atoms with Gasteiger partial charge in [0.15, 0.2) is 6.61 Å². The van der Waals surface area contributed by atoms with Gasteiger partial charge in [0, 0.05) is 16.4 Å². The van der Waals surface area contributed by atoms with Crippen LogP contribution in [0, 0.1) is 0 Å². The van der Waals surface area contributed by atoms with Gasteiger partial charge in [-0.05, 0) is 41.3 Å². The molecule has 2 aromatic carbocycles. The molecule has 2 rings (SSSR count). The van der Waals surface area contributed by atoms with Gasteiger partial charge in [-0.2, -0.15) is 0 Å². The van der Waals surface area contributed by atoms with Crippen LogP contribution in [-0.2, 0) is 14.9 Å². The molecule has 0 bridgehead atoms. The lowest BCUT2D eigenvalue weighted by Crippen LogP contribution is -2.21. The Hall–Kier alpha value is -2.53. The third kappa shape index (κ3) is 5.22. The normalized spacial score (nSPS) is 11.0. The summed E-state index contributed by atoms with van der Waals surface area (Å²) in [5.74, 6) is -1.10. The van der Waals surface area contributed by atoms with Crippen LogP contribution in [0.25, 0.3) is 0 Å². The van der Waals surface area contributed by atoms with E-state index in [0.717, 1.165) is 5.56 Å². The predicted octanol–water partition coefficient (Wildman–Crippen LogP) is 4.02. The van der Waals surface area contributed by atoms with Crippen LogP contribution in [0.5, 0.6) is 0 Å². The number of hydrogen-bond donors (Lipinski definition) is 2. The number of rotatable bonds is 4. The van der Waals surface area contributed by atoms with E-state index in [9.17, 15) is 9.59 Å². The minimum atomic E-state index is -0.674. The third-order valence-corrected chi connectivity index (χ3v) is 3.84. The molecule has 3 N–H and O–H groups in total. The Labute approximate surface area is 152 Å². The summed E-state index contributed by atoms with van der Waals surface area (Å²) in [6.07, 6.45) is 0. The van der Waals surface area contributed by atoms with E-state index in [0.29, 0.717) is 10.7 Å². The maximum absolute atomic E-state index is 12.0. The molecular formula is C19H21ClN2O3. The monoisotopic (exact) mass is 360 g/mol. The second kappa shape index (κ2) is 7.57. The van der Waals surface area contributed by atoms with Gasteiger partial charge in [-0.15, -0.1) is 0 Å². The van der Waals surface area contributed by atoms with Crippen molar-refractivity contribution in [1.29, 1.82) is 0 Å². The molecule has 0 radical (unpaired) electrons. The topological polar surface area (TPSA) is 81.4 Å². The number of carbonyl (C=O) groups excluding carboxylic acids is 2. The Bertz CT molecular complexity index is 780. The average Bonchev–Trinajstić information content (AvgIpc) is 2.52. The molecular weight excluding hydrogens is 340 g/mol. The Morgan fingerprint density at radius 1 is 1.12 bits per heavy atom. The second-order valence-electron chi connectivity index (χ2n) is 6.68. The fourth-order valence-corrected chi connectivity index (χ4v) is 2.36. The molecule has 0 spiro atoms. The highest BCUT2D eigenvalue weighted by atomic mass is 35.5. The van der Waals surface area contributed by atoms with E-state index in [4.69, 9.17) is 22.1 Å². The molecule has 0 unspecified atom stereocenters. The number of benzene rings is 2. The number of amides is 1. The fourth-order valence-electron chi connectivity index (χ4n) is 2.18. The van der Waals surface area contributed by atoms with Gasteiger partial charge in [-0.3, -0.25) is 4.79 Å². The molecule has 0 saturated heterocycles. The number of esters is 1. The van der Waals surface area contributed by atoms with Crippen molar-refractivity contribution in [1.82, 2.24) is 0 Å². The zero-order valence-electron chi connectivity index (χ0n) is 14.4. The maximum Gasteiger partial charge on any atom is 0.340 e. The van der Waals surface area contributed by atoms with E-state index >= 15 is 0 Å². The minimum absolute atomic E-state index is 0.0383. The summed E-state index contributed by atoms with van der Waals surface area (Å²) in [4.78, 5) is 23.9. The molecule has 0 heterocycles. The first-order valence-corrected chi connectivity index (χ1v) is 8.17. The molecule has 0 aromatic heterocycles. The van der Waals surface area contributed by atoms with Crippen LogP contribution >= 0.6 is 11.6 Å². The van der Waals surface area contributed by atoms with Crippen molar-refractivity contribution in [2.45, 2.75) is 26.2 Å². The standard InChI is InChI=1S/C19H21ClN2O3/c1-19(2,3)12-4-7-14(8-5-12)22-17(23)11-25-18(24)15-9-6-13(20)10-16(15)21/h4-10H,11,21H2,1-3H3,(H,22,23). The minimum Gasteiger partial charge on any atom is -0.452 e. The largest absolute Gasteiger partial charge is 0.452 e. The van der Waals surface area contributed by atoms with Crippen LogP contribution in [0.2, 0.25) is 5.02 Å². The summed E-state index contributed by atoms with van der Waals surface area (Å²) in [6, 6.07) is 12.0. The quantitative estimate of drug-likeness (QED) is 0.637. The van der Waals surface area contributed by atoms with Crippen molar-refractivity contribution >= 4 is 34.9 Å². The van der Waals surface area contributed by atoms with Crippen LogP contribution in [-0.4, -0.2) is 18.5 Å². The van der Waals surface area contributed by atoms with Gasteiger partial charge < -0.3 is 15.8 Å². The molecule has 5 nitrogen and oxygen atoms in total. The third-order valence-electron chi connectivity index (χ3n) is 3.60. The zero-order chi connectivity index (χ0) is 18.6. The van der Waals surface area contributed by atoms with Gasteiger partial charge in [0.2, 0.25) is 0 Å². The summed E-state index contributed by atoms with van der Waals surface area (Å²) in [7, 11) is 0. The first-order valence-electron chi connectivity index (χ1n) is 7.79. The van der Waals surface area contributed by atoms with E-state index < -0.39 is 18.5 Å².